The molecule has 0 radical (unpaired) electrons. The maximum atomic E-state index is 10.8. The Balaban J connectivity index is 1.65. The second-order valence-corrected chi connectivity index (χ2v) is 13.6. The number of hydrogen-bond acceptors (Lipinski definition) is 1. The standard InChI is InChI=1S/C30H50O/c1-20(2)10-9-11-21(3)22-14-18-30(8)24-12-13-25-27(4,5)26(31)16-17-28(25,6)23(24)15-19-29(22,30)7/h10,21-22,25-26,31H,9,11-19H2,1-8H3/t21-,22-,25?,26+,28-,29?,30?/m1/s1. The molecule has 176 valence electrons. The quantitative estimate of drug-likeness (QED) is 0.447. The molecular formula is C30H50O. The SMILES string of the molecule is CC(C)=CCC[C@@H](C)[C@H]1CCC2(C)C3=C(CCC12C)[C@@]1(C)CC[C@H](O)C(C)(C)C1CC3. The summed E-state index contributed by atoms with van der Waals surface area (Å²) in [4.78, 5) is 0. The summed E-state index contributed by atoms with van der Waals surface area (Å²) in [6, 6.07) is 0. The van der Waals surface area contributed by atoms with Crippen LogP contribution in [0.4, 0.5) is 0 Å². The van der Waals surface area contributed by atoms with Gasteiger partial charge in [-0.25, -0.2) is 0 Å². The first kappa shape index (κ1) is 23.6. The fourth-order valence-electron chi connectivity index (χ4n) is 9.47. The molecule has 3 unspecified atom stereocenters. The van der Waals surface area contributed by atoms with Crippen molar-refractivity contribution in [3.05, 3.63) is 22.8 Å². The Morgan fingerprint density at radius 2 is 1.68 bits per heavy atom. The van der Waals surface area contributed by atoms with E-state index in [1.165, 1.54) is 63.4 Å². The van der Waals surface area contributed by atoms with Gasteiger partial charge in [0.05, 0.1) is 6.10 Å². The van der Waals surface area contributed by atoms with Crippen LogP contribution < -0.4 is 0 Å². The van der Waals surface area contributed by atoms with Crippen LogP contribution in [0.5, 0.6) is 0 Å². The molecule has 0 amide bonds. The van der Waals surface area contributed by atoms with Crippen molar-refractivity contribution < 1.29 is 5.11 Å². The Morgan fingerprint density at radius 1 is 0.968 bits per heavy atom. The zero-order valence-electron chi connectivity index (χ0n) is 21.9. The van der Waals surface area contributed by atoms with Crippen molar-refractivity contribution in [3.8, 4) is 0 Å². The molecule has 0 aromatic heterocycles. The predicted molar refractivity (Wildman–Crippen MR) is 133 cm³/mol. The minimum absolute atomic E-state index is 0.0465. The van der Waals surface area contributed by atoms with Gasteiger partial charge in [0.2, 0.25) is 0 Å². The Hall–Kier alpha value is -0.560. The Morgan fingerprint density at radius 3 is 2.35 bits per heavy atom. The number of aliphatic hydroxyl groups is 1. The molecule has 7 atom stereocenters. The van der Waals surface area contributed by atoms with Crippen molar-refractivity contribution in [2.75, 3.05) is 0 Å². The molecule has 2 fully saturated rings. The lowest BCUT2D eigenvalue weighted by atomic mass is 9.43. The van der Waals surface area contributed by atoms with Crippen LogP contribution in [0.1, 0.15) is 120 Å². The summed E-state index contributed by atoms with van der Waals surface area (Å²) in [5, 5.41) is 10.8. The van der Waals surface area contributed by atoms with Crippen LogP contribution in [-0.4, -0.2) is 11.2 Å². The molecule has 1 heteroatoms. The lowest BCUT2D eigenvalue weighted by Crippen LogP contribution is -2.55. The maximum Gasteiger partial charge on any atom is 0.0594 e. The Bertz CT molecular complexity index is 767. The van der Waals surface area contributed by atoms with Crippen molar-refractivity contribution >= 4 is 0 Å². The molecule has 4 rings (SSSR count). The van der Waals surface area contributed by atoms with E-state index in [0.717, 1.165) is 18.3 Å². The van der Waals surface area contributed by atoms with Gasteiger partial charge in [-0.05, 0) is 117 Å². The molecule has 1 nitrogen and oxygen atoms in total. The minimum Gasteiger partial charge on any atom is -0.393 e. The highest BCUT2D eigenvalue weighted by Gasteiger charge is 2.63. The van der Waals surface area contributed by atoms with Gasteiger partial charge < -0.3 is 5.11 Å². The van der Waals surface area contributed by atoms with E-state index in [9.17, 15) is 5.11 Å². The van der Waals surface area contributed by atoms with E-state index in [1.54, 1.807) is 0 Å². The average molecular weight is 427 g/mol. The van der Waals surface area contributed by atoms with Gasteiger partial charge in [-0.2, -0.15) is 0 Å². The first-order valence-corrected chi connectivity index (χ1v) is 13.4. The van der Waals surface area contributed by atoms with Crippen molar-refractivity contribution in [3.63, 3.8) is 0 Å². The third kappa shape index (κ3) is 3.34. The fourth-order valence-corrected chi connectivity index (χ4v) is 9.47. The molecule has 4 aliphatic carbocycles. The highest BCUT2D eigenvalue weighted by atomic mass is 16.3. The van der Waals surface area contributed by atoms with Crippen LogP contribution in [0, 0.1) is 39.4 Å². The smallest absolute Gasteiger partial charge is 0.0594 e. The van der Waals surface area contributed by atoms with E-state index >= 15 is 0 Å². The second kappa shape index (κ2) is 7.75. The van der Waals surface area contributed by atoms with Crippen molar-refractivity contribution in [2.24, 2.45) is 39.4 Å². The summed E-state index contributed by atoms with van der Waals surface area (Å²) < 4.78 is 0. The van der Waals surface area contributed by atoms with Gasteiger partial charge >= 0.3 is 0 Å². The van der Waals surface area contributed by atoms with Crippen LogP contribution in [0.15, 0.2) is 22.8 Å². The third-order valence-electron chi connectivity index (χ3n) is 11.7. The van der Waals surface area contributed by atoms with E-state index in [4.69, 9.17) is 0 Å². The van der Waals surface area contributed by atoms with Crippen molar-refractivity contribution in [1.82, 2.24) is 0 Å². The van der Waals surface area contributed by atoms with Gasteiger partial charge in [0.15, 0.2) is 0 Å². The highest BCUT2D eigenvalue weighted by molar-refractivity contribution is 5.38. The average Bonchev–Trinajstić information content (AvgIpc) is 2.96. The zero-order valence-corrected chi connectivity index (χ0v) is 21.9. The minimum atomic E-state index is -0.130. The third-order valence-corrected chi connectivity index (χ3v) is 11.7. The second-order valence-electron chi connectivity index (χ2n) is 13.6. The molecular weight excluding hydrogens is 376 g/mol. The van der Waals surface area contributed by atoms with Crippen LogP contribution >= 0.6 is 0 Å². The van der Waals surface area contributed by atoms with E-state index < -0.39 is 0 Å². The van der Waals surface area contributed by atoms with E-state index in [2.05, 4.69) is 61.5 Å². The molecule has 0 spiro atoms. The number of fused-ring (bicyclic) bond motifs is 4. The number of allylic oxidation sites excluding steroid dienone is 4. The Kier molecular flexibility index (Phi) is 5.90. The fraction of sp³-hybridized carbons (Fsp3) is 0.867. The van der Waals surface area contributed by atoms with Gasteiger partial charge in [-0.3, -0.25) is 0 Å². The molecule has 2 saturated carbocycles. The summed E-state index contributed by atoms with van der Waals surface area (Å²) in [7, 11) is 0. The predicted octanol–water partition coefficient (Wildman–Crippen LogP) is 8.48. The van der Waals surface area contributed by atoms with E-state index in [0.29, 0.717) is 22.2 Å². The summed E-state index contributed by atoms with van der Waals surface area (Å²) in [6.45, 7) is 19.6. The first-order chi connectivity index (χ1) is 14.4. The van der Waals surface area contributed by atoms with Crippen LogP contribution in [0.3, 0.4) is 0 Å². The van der Waals surface area contributed by atoms with Crippen LogP contribution in [0.2, 0.25) is 0 Å². The summed E-state index contributed by atoms with van der Waals surface area (Å²) in [6.07, 6.45) is 15.2. The van der Waals surface area contributed by atoms with E-state index in [-0.39, 0.29) is 11.5 Å². The molecule has 0 aromatic rings. The zero-order chi connectivity index (χ0) is 22.8. The van der Waals surface area contributed by atoms with Gasteiger partial charge in [0.1, 0.15) is 0 Å². The highest BCUT2D eigenvalue weighted by Crippen LogP contribution is 2.72. The molecule has 4 aliphatic rings. The molecule has 1 N–H and O–H groups in total. The van der Waals surface area contributed by atoms with Crippen molar-refractivity contribution in [2.45, 2.75) is 126 Å². The topological polar surface area (TPSA) is 20.2 Å². The number of rotatable bonds is 4. The molecule has 0 bridgehead atoms. The van der Waals surface area contributed by atoms with E-state index in [1.807, 2.05) is 11.1 Å². The molecule has 0 heterocycles. The van der Waals surface area contributed by atoms with Gasteiger partial charge in [0, 0.05) is 0 Å². The van der Waals surface area contributed by atoms with Crippen molar-refractivity contribution in [1.29, 1.82) is 0 Å². The molecule has 31 heavy (non-hydrogen) atoms. The summed E-state index contributed by atoms with van der Waals surface area (Å²) in [5.74, 6) is 2.32. The lowest BCUT2D eigenvalue weighted by Gasteiger charge is -2.62. The van der Waals surface area contributed by atoms with Gasteiger partial charge in [-0.1, -0.05) is 64.3 Å². The monoisotopic (exact) mass is 426 g/mol. The largest absolute Gasteiger partial charge is 0.393 e. The molecule has 0 aromatic carbocycles. The normalized spacial score (nSPS) is 44.9. The van der Waals surface area contributed by atoms with Crippen LogP contribution in [-0.2, 0) is 0 Å². The summed E-state index contributed by atoms with van der Waals surface area (Å²) >= 11 is 0. The Labute approximate surface area is 193 Å². The first-order valence-electron chi connectivity index (χ1n) is 13.4. The molecule has 0 aliphatic heterocycles. The molecule has 0 saturated heterocycles. The summed E-state index contributed by atoms with van der Waals surface area (Å²) in [5.41, 5.74) is 6.41. The lowest BCUT2D eigenvalue weighted by molar-refractivity contribution is -0.0962. The maximum absolute atomic E-state index is 10.8. The van der Waals surface area contributed by atoms with Gasteiger partial charge in [-0.15, -0.1) is 0 Å². The number of aliphatic hydroxyl groups excluding tert-OH is 1. The number of hydrogen-bond donors (Lipinski definition) is 1. The van der Waals surface area contributed by atoms with Crippen LogP contribution in [0.25, 0.3) is 0 Å². The van der Waals surface area contributed by atoms with Gasteiger partial charge in [0.25, 0.3) is 0 Å².